The lowest BCUT2D eigenvalue weighted by molar-refractivity contribution is 0.270. The SMILES string of the molecule is C=CCC1=CC(c2cccc(CC=C)c2)C=CC1(CC1CO1)CC1CO1. The Morgan fingerprint density at radius 3 is 2.35 bits per heavy atom. The average Bonchev–Trinajstić information content (AvgIpc) is 3.55. The molecule has 2 heterocycles. The minimum Gasteiger partial charge on any atom is -0.373 e. The molecule has 0 saturated carbocycles. The summed E-state index contributed by atoms with van der Waals surface area (Å²) in [6.07, 6.45) is 16.0. The fourth-order valence-electron chi connectivity index (χ4n) is 4.23. The molecule has 2 nitrogen and oxygen atoms in total. The molecule has 4 rings (SSSR count). The second-order valence-electron chi connectivity index (χ2n) is 7.78. The van der Waals surface area contributed by atoms with Crippen LogP contribution in [-0.4, -0.2) is 25.4 Å². The zero-order valence-corrected chi connectivity index (χ0v) is 15.4. The van der Waals surface area contributed by atoms with E-state index in [1.807, 2.05) is 12.2 Å². The van der Waals surface area contributed by atoms with Crippen molar-refractivity contribution in [3.63, 3.8) is 0 Å². The molecule has 2 fully saturated rings. The molecule has 2 aliphatic heterocycles. The first-order chi connectivity index (χ1) is 12.7. The van der Waals surface area contributed by atoms with Gasteiger partial charge >= 0.3 is 0 Å². The van der Waals surface area contributed by atoms with Gasteiger partial charge in [-0.2, -0.15) is 0 Å². The smallest absolute Gasteiger partial charge is 0.0821 e. The highest BCUT2D eigenvalue weighted by atomic mass is 16.6. The van der Waals surface area contributed by atoms with Gasteiger partial charge in [0, 0.05) is 11.3 Å². The van der Waals surface area contributed by atoms with Crippen LogP contribution in [0.25, 0.3) is 0 Å². The molecule has 0 aromatic heterocycles. The number of hydrogen-bond donors (Lipinski definition) is 0. The molecule has 0 N–H and O–H groups in total. The summed E-state index contributed by atoms with van der Waals surface area (Å²) in [6.45, 7) is 9.66. The number of allylic oxidation sites excluding steroid dienone is 6. The fourth-order valence-corrected chi connectivity index (χ4v) is 4.23. The van der Waals surface area contributed by atoms with E-state index in [1.165, 1.54) is 16.7 Å². The first-order valence-electron chi connectivity index (χ1n) is 9.67. The van der Waals surface area contributed by atoms with Gasteiger partial charge < -0.3 is 9.47 Å². The van der Waals surface area contributed by atoms with E-state index in [1.54, 1.807) is 0 Å². The van der Waals surface area contributed by atoms with Crippen LogP contribution in [0.15, 0.2) is 73.4 Å². The minimum absolute atomic E-state index is 0.0613. The third-order valence-electron chi connectivity index (χ3n) is 5.71. The van der Waals surface area contributed by atoms with E-state index < -0.39 is 0 Å². The van der Waals surface area contributed by atoms with Crippen LogP contribution in [0.4, 0.5) is 0 Å². The van der Waals surface area contributed by atoms with Gasteiger partial charge in [-0.25, -0.2) is 0 Å². The van der Waals surface area contributed by atoms with E-state index >= 15 is 0 Å². The van der Waals surface area contributed by atoms with Gasteiger partial charge in [-0.1, -0.05) is 60.2 Å². The molecule has 2 saturated heterocycles. The van der Waals surface area contributed by atoms with Crippen molar-refractivity contribution in [1.82, 2.24) is 0 Å². The molecule has 136 valence electrons. The molecule has 0 radical (unpaired) electrons. The Balaban J connectivity index is 1.63. The monoisotopic (exact) mass is 348 g/mol. The molecule has 26 heavy (non-hydrogen) atoms. The summed E-state index contributed by atoms with van der Waals surface area (Å²) < 4.78 is 11.2. The summed E-state index contributed by atoms with van der Waals surface area (Å²) in [5.41, 5.74) is 4.20. The van der Waals surface area contributed by atoms with Crippen molar-refractivity contribution in [2.24, 2.45) is 5.41 Å². The third kappa shape index (κ3) is 3.92. The van der Waals surface area contributed by atoms with E-state index in [-0.39, 0.29) is 5.41 Å². The van der Waals surface area contributed by atoms with Crippen molar-refractivity contribution in [2.75, 3.05) is 13.2 Å². The molecule has 3 aliphatic rings. The van der Waals surface area contributed by atoms with Crippen LogP contribution in [0, 0.1) is 5.41 Å². The van der Waals surface area contributed by atoms with Gasteiger partial charge in [-0.05, 0) is 36.8 Å². The number of rotatable bonds is 9. The molecule has 1 aliphatic carbocycles. The van der Waals surface area contributed by atoms with Crippen LogP contribution >= 0.6 is 0 Å². The lowest BCUT2D eigenvalue weighted by Crippen LogP contribution is -2.28. The minimum atomic E-state index is 0.0613. The van der Waals surface area contributed by atoms with Crippen LogP contribution in [0.2, 0.25) is 0 Å². The predicted molar refractivity (Wildman–Crippen MR) is 106 cm³/mol. The Bertz CT molecular complexity index is 720. The summed E-state index contributed by atoms with van der Waals surface area (Å²) in [4.78, 5) is 0. The lowest BCUT2D eigenvalue weighted by atomic mass is 9.67. The van der Waals surface area contributed by atoms with E-state index in [0.717, 1.165) is 38.9 Å². The van der Waals surface area contributed by atoms with Crippen molar-refractivity contribution < 1.29 is 9.47 Å². The average molecular weight is 348 g/mol. The summed E-state index contributed by atoms with van der Waals surface area (Å²) >= 11 is 0. The van der Waals surface area contributed by atoms with Crippen LogP contribution in [0.5, 0.6) is 0 Å². The number of hydrogen-bond acceptors (Lipinski definition) is 2. The second kappa shape index (κ2) is 7.38. The zero-order valence-electron chi connectivity index (χ0n) is 15.4. The first-order valence-corrected chi connectivity index (χ1v) is 9.67. The Morgan fingerprint density at radius 1 is 1.04 bits per heavy atom. The van der Waals surface area contributed by atoms with Gasteiger partial charge in [-0.15, -0.1) is 13.2 Å². The number of benzene rings is 1. The predicted octanol–water partition coefficient (Wildman–Crippen LogP) is 5.14. The Kier molecular flexibility index (Phi) is 4.97. The van der Waals surface area contributed by atoms with E-state index in [2.05, 4.69) is 55.7 Å². The summed E-state index contributed by atoms with van der Waals surface area (Å²) in [7, 11) is 0. The molecule has 2 heteroatoms. The lowest BCUT2D eigenvalue weighted by Gasteiger charge is -2.37. The maximum Gasteiger partial charge on any atom is 0.0821 e. The van der Waals surface area contributed by atoms with Crippen LogP contribution in [0.1, 0.15) is 36.3 Å². The van der Waals surface area contributed by atoms with E-state index in [0.29, 0.717) is 18.1 Å². The highest BCUT2D eigenvalue weighted by Crippen LogP contribution is 2.49. The maximum absolute atomic E-state index is 5.58. The highest BCUT2D eigenvalue weighted by Gasteiger charge is 2.44. The van der Waals surface area contributed by atoms with Gasteiger partial charge in [0.1, 0.15) is 0 Å². The molecule has 1 aromatic carbocycles. The van der Waals surface area contributed by atoms with Crippen molar-refractivity contribution in [3.8, 4) is 0 Å². The van der Waals surface area contributed by atoms with Gasteiger partial charge in [0.15, 0.2) is 0 Å². The molecular formula is C24H28O2. The summed E-state index contributed by atoms with van der Waals surface area (Å²) in [5, 5.41) is 0. The van der Waals surface area contributed by atoms with Gasteiger partial charge in [0.25, 0.3) is 0 Å². The summed E-state index contributed by atoms with van der Waals surface area (Å²) in [6, 6.07) is 8.86. The zero-order chi connectivity index (χ0) is 18.0. The molecule has 3 unspecified atom stereocenters. The largest absolute Gasteiger partial charge is 0.373 e. The van der Waals surface area contributed by atoms with Gasteiger partial charge in [-0.3, -0.25) is 0 Å². The molecule has 0 bridgehead atoms. The van der Waals surface area contributed by atoms with Crippen LogP contribution in [-0.2, 0) is 15.9 Å². The molecular weight excluding hydrogens is 320 g/mol. The number of ether oxygens (including phenoxy) is 2. The second-order valence-corrected chi connectivity index (χ2v) is 7.78. The van der Waals surface area contributed by atoms with Crippen molar-refractivity contribution >= 4 is 0 Å². The Labute approximate surface area is 156 Å². The van der Waals surface area contributed by atoms with Crippen LogP contribution < -0.4 is 0 Å². The van der Waals surface area contributed by atoms with Crippen molar-refractivity contribution in [1.29, 1.82) is 0 Å². The van der Waals surface area contributed by atoms with Gasteiger partial charge in [0.05, 0.1) is 25.4 Å². The Morgan fingerprint density at radius 2 is 1.73 bits per heavy atom. The standard InChI is InChI=1S/C24H28O2/c1-3-6-18-8-5-9-19(12-18)20-10-11-24(14-22-16-25-22,15-23-17-26-23)21(13-20)7-4-2/h3-5,8-13,20,22-23H,1-2,6-7,14-17H2. The molecule has 0 spiro atoms. The maximum atomic E-state index is 5.58. The molecule has 3 atom stereocenters. The third-order valence-corrected chi connectivity index (χ3v) is 5.71. The first kappa shape index (κ1) is 17.5. The highest BCUT2D eigenvalue weighted by molar-refractivity contribution is 5.41. The number of epoxide rings is 2. The van der Waals surface area contributed by atoms with Crippen molar-refractivity contribution in [2.45, 2.75) is 43.8 Å². The van der Waals surface area contributed by atoms with E-state index in [9.17, 15) is 0 Å². The normalized spacial score (nSPS) is 32.0. The Hall–Kier alpha value is -1.90. The molecule has 1 aromatic rings. The van der Waals surface area contributed by atoms with Crippen LogP contribution in [0.3, 0.4) is 0 Å². The van der Waals surface area contributed by atoms with Crippen molar-refractivity contribution in [3.05, 3.63) is 84.5 Å². The molecule has 0 amide bonds. The van der Waals surface area contributed by atoms with Gasteiger partial charge in [0.2, 0.25) is 0 Å². The topological polar surface area (TPSA) is 25.1 Å². The quantitative estimate of drug-likeness (QED) is 0.456. The van der Waals surface area contributed by atoms with E-state index in [4.69, 9.17) is 9.47 Å². The summed E-state index contributed by atoms with van der Waals surface area (Å²) in [5.74, 6) is 0.322. The fraction of sp³-hybridized carbons (Fsp3) is 0.417.